The van der Waals surface area contributed by atoms with Crippen molar-refractivity contribution in [2.45, 2.75) is 25.9 Å². The molecule has 0 aliphatic carbocycles. The number of hydrogen-bond donors (Lipinski definition) is 1. The smallest absolute Gasteiger partial charge is 0.260 e. The Morgan fingerprint density at radius 1 is 1.13 bits per heavy atom. The fraction of sp³-hybridized carbons (Fsp3) is 0.389. The summed E-state index contributed by atoms with van der Waals surface area (Å²) in [5, 5.41) is 5.50. The van der Waals surface area contributed by atoms with E-state index in [1.54, 1.807) is 11.3 Å². The number of benzene rings is 1. The largest absolute Gasteiger partial charge is 0.483 e. The third-order valence-corrected chi connectivity index (χ3v) is 4.85. The SMILES string of the molecule is O=C(COc1ccccc1CNCc1cccs1)N1CCCC1. The van der Waals surface area contributed by atoms with Gasteiger partial charge in [-0.1, -0.05) is 24.3 Å². The number of carbonyl (C=O) groups excluding carboxylic acids is 1. The van der Waals surface area contributed by atoms with Crippen molar-refractivity contribution in [1.29, 1.82) is 0 Å². The van der Waals surface area contributed by atoms with Gasteiger partial charge in [0.05, 0.1) is 0 Å². The molecule has 1 N–H and O–H groups in total. The number of ether oxygens (including phenoxy) is 1. The number of likely N-dealkylation sites (tertiary alicyclic amines) is 1. The van der Waals surface area contributed by atoms with Gasteiger partial charge < -0.3 is 15.0 Å². The van der Waals surface area contributed by atoms with Crippen LogP contribution in [-0.4, -0.2) is 30.5 Å². The van der Waals surface area contributed by atoms with Crippen LogP contribution in [0.5, 0.6) is 5.75 Å². The van der Waals surface area contributed by atoms with Gasteiger partial charge in [0.25, 0.3) is 5.91 Å². The summed E-state index contributed by atoms with van der Waals surface area (Å²) in [6.07, 6.45) is 2.21. The summed E-state index contributed by atoms with van der Waals surface area (Å²) in [6.45, 7) is 3.44. The van der Waals surface area contributed by atoms with E-state index in [1.165, 1.54) is 4.88 Å². The Morgan fingerprint density at radius 2 is 1.96 bits per heavy atom. The van der Waals surface area contributed by atoms with Crippen molar-refractivity contribution in [2.24, 2.45) is 0 Å². The average molecular weight is 330 g/mol. The molecule has 2 heterocycles. The van der Waals surface area contributed by atoms with Crippen molar-refractivity contribution in [3.05, 3.63) is 52.2 Å². The highest BCUT2D eigenvalue weighted by atomic mass is 32.1. The first-order valence-corrected chi connectivity index (χ1v) is 8.92. The molecule has 0 atom stereocenters. The van der Waals surface area contributed by atoms with Gasteiger partial charge in [-0.15, -0.1) is 11.3 Å². The molecule has 1 amide bonds. The van der Waals surface area contributed by atoms with Gasteiger partial charge in [-0.05, 0) is 30.4 Å². The Morgan fingerprint density at radius 3 is 2.74 bits per heavy atom. The first-order valence-electron chi connectivity index (χ1n) is 8.04. The minimum Gasteiger partial charge on any atom is -0.483 e. The number of amides is 1. The predicted molar refractivity (Wildman–Crippen MR) is 92.6 cm³/mol. The van der Waals surface area contributed by atoms with E-state index in [4.69, 9.17) is 4.74 Å². The molecule has 1 fully saturated rings. The van der Waals surface area contributed by atoms with Crippen LogP contribution in [0, 0.1) is 0 Å². The van der Waals surface area contributed by atoms with E-state index >= 15 is 0 Å². The number of thiophene rings is 1. The Balaban J connectivity index is 1.51. The molecule has 1 saturated heterocycles. The highest BCUT2D eigenvalue weighted by Crippen LogP contribution is 2.19. The van der Waals surface area contributed by atoms with Gasteiger partial charge in [0.1, 0.15) is 5.75 Å². The molecule has 3 rings (SSSR count). The molecule has 5 heteroatoms. The second kappa shape index (κ2) is 8.13. The van der Waals surface area contributed by atoms with Gasteiger partial charge in [0.15, 0.2) is 6.61 Å². The normalized spacial score (nSPS) is 14.2. The van der Waals surface area contributed by atoms with Gasteiger partial charge in [-0.2, -0.15) is 0 Å². The molecule has 1 aliphatic heterocycles. The molecule has 1 aliphatic rings. The minimum atomic E-state index is 0.0869. The molecular weight excluding hydrogens is 308 g/mol. The summed E-state index contributed by atoms with van der Waals surface area (Å²) >= 11 is 1.75. The summed E-state index contributed by atoms with van der Waals surface area (Å²) in [7, 11) is 0. The van der Waals surface area contributed by atoms with Crippen LogP contribution in [0.3, 0.4) is 0 Å². The first kappa shape index (κ1) is 16.0. The molecule has 1 aromatic carbocycles. The van der Waals surface area contributed by atoms with Crippen LogP contribution in [0.4, 0.5) is 0 Å². The van der Waals surface area contributed by atoms with E-state index < -0.39 is 0 Å². The van der Waals surface area contributed by atoms with E-state index in [2.05, 4.69) is 22.8 Å². The number of hydrogen-bond acceptors (Lipinski definition) is 4. The van der Waals surface area contributed by atoms with Crippen LogP contribution in [-0.2, 0) is 17.9 Å². The molecule has 4 nitrogen and oxygen atoms in total. The van der Waals surface area contributed by atoms with Crippen LogP contribution < -0.4 is 10.1 Å². The Hall–Kier alpha value is -1.85. The number of para-hydroxylation sites is 1. The van der Waals surface area contributed by atoms with Crippen LogP contribution in [0.1, 0.15) is 23.3 Å². The van der Waals surface area contributed by atoms with Crippen molar-refractivity contribution in [2.75, 3.05) is 19.7 Å². The molecule has 1 aromatic heterocycles. The highest BCUT2D eigenvalue weighted by molar-refractivity contribution is 7.09. The van der Waals surface area contributed by atoms with Crippen LogP contribution in [0.25, 0.3) is 0 Å². The maximum Gasteiger partial charge on any atom is 0.260 e. The standard InChI is InChI=1S/C18H22N2O2S/c21-18(20-9-3-4-10-20)14-22-17-8-2-1-6-15(17)12-19-13-16-7-5-11-23-16/h1-2,5-8,11,19H,3-4,9-10,12-14H2. The van der Waals surface area contributed by atoms with Crippen LogP contribution >= 0.6 is 11.3 Å². The van der Waals surface area contributed by atoms with Crippen molar-refractivity contribution in [1.82, 2.24) is 10.2 Å². The molecule has 2 aromatic rings. The third kappa shape index (κ3) is 4.56. The lowest BCUT2D eigenvalue weighted by Gasteiger charge is -2.17. The van der Waals surface area contributed by atoms with E-state index in [9.17, 15) is 4.79 Å². The Kier molecular flexibility index (Phi) is 5.66. The Bertz CT molecular complexity index is 622. The van der Waals surface area contributed by atoms with Crippen LogP contribution in [0.15, 0.2) is 41.8 Å². The minimum absolute atomic E-state index is 0.0869. The monoisotopic (exact) mass is 330 g/mol. The van der Waals surface area contributed by atoms with Crippen molar-refractivity contribution in [3.63, 3.8) is 0 Å². The first-order chi connectivity index (χ1) is 11.3. The molecule has 0 spiro atoms. The van der Waals surface area contributed by atoms with Crippen molar-refractivity contribution in [3.8, 4) is 5.75 Å². The Labute approximate surface area is 141 Å². The second-order valence-electron chi connectivity index (χ2n) is 5.67. The quantitative estimate of drug-likeness (QED) is 0.848. The zero-order valence-corrected chi connectivity index (χ0v) is 14.0. The maximum atomic E-state index is 12.1. The molecule has 23 heavy (non-hydrogen) atoms. The van der Waals surface area contributed by atoms with Gasteiger partial charge in [0.2, 0.25) is 0 Å². The number of nitrogens with zero attached hydrogens (tertiary/aromatic N) is 1. The fourth-order valence-electron chi connectivity index (χ4n) is 2.72. The lowest BCUT2D eigenvalue weighted by Crippen LogP contribution is -2.32. The van der Waals surface area contributed by atoms with E-state index in [0.29, 0.717) is 0 Å². The summed E-state index contributed by atoms with van der Waals surface area (Å²) in [6, 6.07) is 12.1. The van der Waals surface area contributed by atoms with Gasteiger partial charge in [-0.25, -0.2) is 0 Å². The topological polar surface area (TPSA) is 41.6 Å². The lowest BCUT2D eigenvalue weighted by atomic mass is 10.2. The molecule has 0 bridgehead atoms. The summed E-state index contributed by atoms with van der Waals surface area (Å²) in [5.41, 5.74) is 1.08. The molecule has 0 saturated carbocycles. The zero-order chi connectivity index (χ0) is 15.9. The molecule has 122 valence electrons. The average Bonchev–Trinajstić information content (AvgIpc) is 3.27. The van der Waals surface area contributed by atoms with E-state index in [-0.39, 0.29) is 12.5 Å². The van der Waals surface area contributed by atoms with E-state index in [1.807, 2.05) is 29.2 Å². The van der Waals surface area contributed by atoms with Gasteiger partial charge in [-0.3, -0.25) is 4.79 Å². The maximum absolute atomic E-state index is 12.1. The number of nitrogens with one attached hydrogen (secondary N) is 1. The summed E-state index contributed by atoms with van der Waals surface area (Å²) < 4.78 is 5.77. The van der Waals surface area contributed by atoms with Gasteiger partial charge in [0, 0.05) is 36.6 Å². The second-order valence-corrected chi connectivity index (χ2v) is 6.70. The highest BCUT2D eigenvalue weighted by Gasteiger charge is 2.18. The predicted octanol–water partition coefficient (Wildman–Crippen LogP) is 3.04. The van der Waals surface area contributed by atoms with Crippen LogP contribution in [0.2, 0.25) is 0 Å². The van der Waals surface area contributed by atoms with Crippen molar-refractivity contribution >= 4 is 17.2 Å². The number of rotatable bonds is 7. The molecular formula is C18H22N2O2S. The lowest BCUT2D eigenvalue weighted by molar-refractivity contribution is -0.132. The summed E-state index contributed by atoms with van der Waals surface area (Å²) in [4.78, 5) is 15.3. The number of carbonyl (C=O) groups is 1. The van der Waals surface area contributed by atoms with E-state index in [0.717, 1.165) is 50.3 Å². The van der Waals surface area contributed by atoms with Gasteiger partial charge >= 0.3 is 0 Å². The fourth-order valence-corrected chi connectivity index (χ4v) is 3.40. The zero-order valence-electron chi connectivity index (χ0n) is 13.2. The molecule has 0 radical (unpaired) electrons. The summed E-state index contributed by atoms with van der Waals surface area (Å²) in [5.74, 6) is 0.877. The third-order valence-electron chi connectivity index (χ3n) is 3.98. The molecule has 0 unspecified atom stereocenters. The van der Waals surface area contributed by atoms with Crippen molar-refractivity contribution < 1.29 is 9.53 Å².